The van der Waals surface area contributed by atoms with Crippen molar-refractivity contribution in [3.05, 3.63) is 22.1 Å². The molecule has 0 N–H and O–H groups in total. The highest BCUT2D eigenvalue weighted by atomic mass is 32.2. The lowest BCUT2D eigenvalue weighted by molar-refractivity contribution is 0.102. The Labute approximate surface area is 98.7 Å². The van der Waals surface area contributed by atoms with Crippen molar-refractivity contribution < 1.29 is 13.2 Å². The monoisotopic (exact) mass is 256 g/mol. The molecule has 0 atom stereocenters. The van der Waals surface area contributed by atoms with Gasteiger partial charge in [0.25, 0.3) is 0 Å². The Balaban J connectivity index is 2.75. The van der Waals surface area contributed by atoms with Crippen LogP contribution in [0.3, 0.4) is 0 Å². The average Bonchev–Trinajstić information content (AvgIpc) is 2.56. The van der Waals surface area contributed by atoms with Crippen LogP contribution in [-0.4, -0.2) is 20.5 Å². The number of carbonyl (C=O) groups is 1. The minimum Gasteiger partial charge on any atom is -0.294 e. The number of rotatable bonds is 2. The highest BCUT2D eigenvalue weighted by Crippen LogP contribution is 2.36. The quantitative estimate of drug-likeness (QED) is 0.763. The zero-order valence-corrected chi connectivity index (χ0v) is 10.7. The standard InChI is InChI=1S/C11H12O3S2/c1-7(12)10-8-5-3-4-6-9(8)11(15-10)16(2,13)14/h4,6H,3,5H2,1-2H3. The predicted molar refractivity (Wildman–Crippen MR) is 64.8 cm³/mol. The van der Waals surface area contributed by atoms with E-state index in [9.17, 15) is 13.2 Å². The third kappa shape index (κ3) is 1.85. The van der Waals surface area contributed by atoms with Gasteiger partial charge in [0.15, 0.2) is 15.6 Å². The smallest absolute Gasteiger partial charge is 0.185 e. The molecule has 0 saturated heterocycles. The maximum Gasteiger partial charge on any atom is 0.185 e. The van der Waals surface area contributed by atoms with Gasteiger partial charge in [-0.2, -0.15) is 0 Å². The fourth-order valence-corrected chi connectivity index (χ4v) is 4.27. The number of Topliss-reactive ketones (excluding diaryl/α,β-unsaturated/α-hetero) is 1. The third-order valence-corrected chi connectivity index (χ3v) is 5.71. The van der Waals surface area contributed by atoms with Gasteiger partial charge in [0, 0.05) is 11.8 Å². The van der Waals surface area contributed by atoms with Gasteiger partial charge in [0.1, 0.15) is 4.21 Å². The van der Waals surface area contributed by atoms with Crippen molar-refractivity contribution in [2.75, 3.05) is 6.26 Å². The number of hydrogen-bond acceptors (Lipinski definition) is 4. The van der Waals surface area contributed by atoms with Crippen molar-refractivity contribution in [2.24, 2.45) is 0 Å². The second kappa shape index (κ2) is 3.82. The first kappa shape index (κ1) is 11.5. The van der Waals surface area contributed by atoms with E-state index in [1.54, 1.807) is 0 Å². The van der Waals surface area contributed by atoms with Crippen molar-refractivity contribution in [3.8, 4) is 0 Å². The van der Waals surface area contributed by atoms with Crippen LogP contribution in [0.1, 0.15) is 34.1 Å². The van der Waals surface area contributed by atoms with Crippen molar-refractivity contribution >= 4 is 33.0 Å². The summed E-state index contributed by atoms with van der Waals surface area (Å²) < 4.78 is 23.5. The topological polar surface area (TPSA) is 51.2 Å². The molecule has 0 amide bonds. The Morgan fingerprint density at radius 1 is 1.44 bits per heavy atom. The molecular weight excluding hydrogens is 244 g/mol. The molecule has 1 aromatic heterocycles. The maximum absolute atomic E-state index is 11.6. The van der Waals surface area contributed by atoms with Crippen LogP contribution in [0.15, 0.2) is 10.3 Å². The van der Waals surface area contributed by atoms with Gasteiger partial charge < -0.3 is 0 Å². The van der Waals surface area contributed by atoms with E-state index in [4.69, 9.17) is 0 Å². The lowest BCUT2D eigenvalue weighted by Crippen LogP contribution is -2.00. The minimum absolute atomic E-state index is 0.0496. The molecule has 0 bridgehead atoms. The van der Waals surface area contributed by atoms with Crippen LogP contribution in [0.2, 0.25) is 0 Å². The van der Waals surface area contributed by atoms with E-state index in [1.807, 2.05) is 12.2 Å². The van der Waals surface area contributed by atoms with Gasteiger partial charge in [0.05, 0.1) is 4.88 Å². The average molecular weight is 256 g/mol. The van der Waals surface area contributed by atoms with Crippen LogP contribution < -0.4 is 0 Å². The molecule has 0 spiro atoms. The molecule has 1 aliphatic carbocycles. The molecule has 0 saturated carbocycles. The van der Waals surface area contributed by atoms with Crippen molar-refractivity contribution in [3.63, 3.8) is 0 Å². The molecule has 0 fully saturated rings. The van der Waals surface area contributed by atoms with Gasteiger partial charge in [0.2, 0.25) is 0 Å². The SMILES string of the molecule is CC(=O)c1sc(S(C)(=O)=O)c2c1CCC=C2. The van der Waals surface area contributed by atoms with Crippen LogP contribution in [0, 0.1) is 0 Å². The number of thiophene rings is 1. The van der Waals surface area contributed by atoms with Crippen LogP contribution in [0.4, 0.5) is 0 Å². The van der Waals surface area contributed by atoms with Crippen LogP contribution in [-0.2, 0) is 16.3 Å². The molecule has 0 radical (unpaired) electrons. The molecule has 3 nitrogen and oxygen atoms in total. The molecule has 0 aromatic carbocycles. The molecular formula is C11H12O3S2. The second-order valence-electron chi connectivity index (χ2n) is 3.88. The molecule has 16 heavy (non-hydrogen) atoms. The van der Waals surface area contributed by atoms with E-state index in [1.165, 1.54) is 13.2 Å². The number of sulfone groups is 1. The van der Waals surface area contributed by atoms with Crippen LogP contribution >= 0.6 is 11.3 Å². The van der Waals surface area contributed by atoms with Crippen LogP contribution in [0.5, 0.6) is 0 Å². The number of fused-ring (bicyclic) bond motifs is 1. The van der Waals surface area contributed by atoms with Gasteiger partial charge >= 0.3 is 0 Å². The summed E-state index contributed by atoms with van der Waals surface area (Å²) in [7, 11) is -3.24. The summed E-state index contributed by atoms with van der Waals surface area (Å²) in [6.07, 6.45) is 6.58. The number of ketones is 1. The lowest BCUT2D eigenvalue weighted by atomic mass is 9.99. The zero-order chi connectivity index (χ0) is 11.9. The Hall–Kier alpha value is -0.940. The Morgan fingerprint density at radius 2 is 2.12 bits per heavy atom. The fourth-order valence-electron chi connectivity index (χ4n) is 1.86. The molecule has 86 valence electrons. The number of allylic oxidation sites excluding steroid dienone is 1. The van der Waals surface area contributed by atoms with E-state index in [0.29, 0.717) is 9.09 Å². The normalized spacial score (nSPS) is 14.9. The summed E-state index contributed by atoms with van der Waals surface area (Å²) in [6, 6.07) is 0. The summed E-state index contributed by atoms with van der Waals surface area (Å²) in [6.45, 7) is 1.48. The predicted octanol–water partition coefficient (Wildman–Crippen LogP) is 2.31. The molecule has 1 heterocycles. The van der Waals surface area contributed by atoms with Crippen LogP contribution in [0.25, 0.3) is 6.08 Å². The van der Waals surface area contributed by atoms with E-state index in [2.05, 4.69) is 0 Å². The maximum atomic E-state index is 11.6. The highest BCUT2D eigenvalue weighted by Gasteiger charge is 2.25. The Morgan fingerprint density at radius 3 is 2.69 bits per heavy atom. The largest absolute Gasteiger partial charge is 0.294 e. The zero-order valence-electron chi connectivity index (χ0n) is 9.11. The van der Waals surface area contributed by atoms with Crippen molar-refractivity contribution in [1.29, 1.82) is 0 Å². The third-order valence-electron chi connectivity index (χ3n) is 2.52. The summed E-state index contributed by atoms with van der Waals surface area (Å²) in [5.74, 6) is -0.0496. The first-order valence-corrected chi connectivity index (χ1v) is 7.65. The van der Waals surface area contributed by atoms with Gasteiger partial charge in [-0.1, -0.05) is 12.2 Å². The van der Waals surface area contributed by atoms with Crippen molar-refractivity contribution in [2.45, 2.75) is 24.0 Å². The van der Waals surface area contributed by atoms with E-state index >= 15 is 0 Å². The number of hydrogen-bond donors (Lipinski definition) is 0. The summed E-state index contributed by atoms with van der Waals surface area (Å²) in [4.78, 5) is 12.0. The van der Waals surface area contributed by atoms with E-state index < -0.39 is 9.84 Å². The van der Waals surface area contributed by atoms with E-state index in [-0.39, 0.29) is 5.78 Å². The van der Waals surface area contributed by atoms with E-state index in [0.717, 1.165) is 35.3 Å². The Kier molecular flexibility index (Phi) is 2.75. The van der Waals surface area contributed by atoms with Gasteiger partial charge in [-0.25, -0.2) is 8.42 Å². The molecule has 5 heteroatoms. The van der Waals surface area contributed by atoms with Gasteiger partial charge in [-0.3, -0.25) is 4.79 Å². The summed E-state index contributed by atoms with van der Waals surface area (Å²) in [5, 5.41) is 0. The summed E-state index contributed by atoms with van der Waals surface area (Å²) >= 11 is 1.10. The number of carbonyl (C=O) groups excluding carboxylic acids is 1. The van der Waals surface area contributed by atoms with Gasteiger partial charge in [-0.15, -0.1) is 11.3 Å². The first-order valence-electron chi connectivity index (χ1n) is 4.94. The fraction of sp³-hybridized carbons (Fsp3) is 0.364. The molecule has 2 rings (SSSR count). The molecule has 0 unspecified atom stereocenters. The van der Waals surface area contributed by atoms with Gasteiger partial charge in [-0.05, 0) is 25.3 Å². The first-order chi connectivity index (χ1) is 7.41. The summed E-state index contributed by atoms with van der Waals surface area (Å²) in [5.41, 5.74) is 1.63. The molecule has 1 aromatic rings. The molecule has 1 aliphatic rings. The lowest BCUT2D eigenvalue weighted by Gasteiger charge is -2.07. The second-order valence-corrected chi connectivity index (χ2v) is 7.11. The molecule has 0 aliphatic heterocycles. The highest BCUT2D eigenvalue weighted by molar-refractivity contribution is 7.92. The van der Waals surface area contributed by atoms with Crippen molar-refractivity contribution in [1.82, 2.24) is 0 Å². The Bertz CT molecular complexity index is 577. The minimum atomic E-state index is -3.24.